The Kier molecular flexibility index (Phi) is 2.54. The van der Waals surface area contributed by atoms with E-state index < -0.39 is 0 Å². The third-order valence-corrected chi connectivity index (χ3v) is 1.31. The SMILES string of the molecule is COc1ccncc1CN=O. The predicted molar refractivity (Wildman–Crippen MR) is 40.3 cm³/mol. The molecule has 0 aliphatic carbocycles. The highest BCUT2D eigenvalue weighted by atomic mass is 16.5. The van der Waals surface area contributed by atoms with Gasteiger partial charge in [-0.05, 0) is 6.07 Å². The molecular weight excluding hydrogens is 144 g/mol. The zero-order chi connectivity index (χ0) is 8.10. The summed E-state index contributed by atoms with van der Waals surface area (Å²) in [4.78, 5) is 13.7. The fraction of sp³-hybridized carbons (Fsp3) is 0.286. The van der Waals surface area contributed by atoms with Crippen LogP contribution in [0.3, 0.4) is 0 Å². The summed E-state index contributed by atoms with van der Waals surface area (Å²) in [5, 5.41) is 2.74. The number of pyridine rings is 1. The molecule has 0 aromatic carbocycles. The molecule has 0 amide bonds. The van der Waals surface area contributed by atoms with Crippen molar-refractivity contribution in [3.63, 3.8) is 0 Å². The molecule has 0 bridgehead atoms. The second-order valence-electron chi connectivity index (χ2n) is 1.97. The van der Waals surface area contributed by atoms with E-state index in [9.17, 15) is 4.91 Å². The van der Waals surface area contributed by atoms with Crippen LogP contribution in [-0.2, 0) is 6.54 Å². The average molecular weight is 152 g/mol. The van der Waals surface area contributed by atoms with E-state index in [4.69, 9.17) is 4.74 Å². The molecule has 58 valence electrons. The molecule has 1 aromatic heterocycles. The Morgan fingerprint density at radius 3 is 3.18 bits per heavy atom. The lowest BCUT2D eigenvalue weighted by atomic mass is 10.2. The van der Waals surface area contributed by atoms with Gasteiger partial charge in [-0.3, -0.25) is 4.98 Å². The summed E-state index contributed by atoms with van der Waals surface area (Å²) in [5.41, 5.74) is 0.713. The van der Waals surface area contributed by atoms with Crippen LogP contribution in [0.5, 0.6) is 5.75 Å². The minimum Gasteiger partial charge on any atom is -0.496 e. The van der Waals surface area contributed by atoms with Crippen molar-refractivity contribution < 1.29 is 4.74 Å². The van der Waals surface area contributed by atoms with E-state index in [2.05, 4.69) is 10.2 Å². The number of hydrogen-bond donors (Lipinski definition) is 0. The van der Waals surface area contributed by atoms with Gasteiger partial charge in [0.2, 0.25) is 0 Å². The largest absolute Gasteiger partial charge is 0.496 e. The summed E-state index contributed by atoms with van der Waals surface area (Å²) < 4.78 is 4.96. The zero-order valence-corrected chi connectivity index (χ0v) is 6.15. The highest BCUT2D eigenvalue weighted by Crippen LogP contribution is 2.15. The molecule has 0 fully saturated rings. The van der Waals surface area contributed by atoms with Crippen molar-refractivity contribution in [3.8, 4) is 5.75 Å². The molecule has 0 spiro atoms. The summed E-state index contributed by atoms with van der Waals surface area (Å²) in [7, 11) is 1.55. The lowest BCUT2D eigenvalue weighted by Crippen LogP contribution is -1.90. The van der Waals surface area contributed by atoms with E-state index in [-0.39, 0.29) is 6.54 Å². The van der Waals surface area contributed by atoms with Gasteiger partial charge in [-0.15, -0.1) is 0 Å². The van der Waals surface area contributed by atoms with Crippen LogP contribution in [0.1, 0.15) is 5.56 Å². The van der Waals surface area contributed by atoms with Gasteiger partial charge in [0.15, 0.2) is 0 Å². The van der Waals surface area contributed by atoms with E-state index >= 15 is 0 Å². The zero-order valence-electron chi connectivity index (χ0n) is 6.15. The Balaban J connectivity index is 2.92. The number of aromatic nitrogens is 1. The number of nitrogens with zero attached hydrogens (tertiary/aromatic N) is 2. The lowest BCUT2D eigenvalue weighted by molar-refractivity contribution is 0.409. The van der Waals surface area contributed by atoms with Crippen LogP contribution in [0.25, 0.3) is 0 Å². The normalized spacial score (nSPS) is 9.18. The molecule has 0 saturated carbocycles. The van der Waals surface area contributed by atoms with Crippen LogP contribution in [0, 0.1) is 4.91 Å². The van der Waals surface area contributed by atoms with Crippen molar-refractivity contribution in [1.82, 2.24) is 4.98 Å². The Hall–Kier alpha value is -1.45. The first-order valence-electron chi connectivity index (χ1n) is 3.14. The topological polar surface area (TPSA) is 51.6 Å². The summed E-state index contributed by atoms with van der Waals surface area (Å²) in [6.07, 6.45) is 3.17. The maximum atomic E-state index is 9.91. The van der Waals surface area contributed by atoms with Gasteiger partial charge < -0.3 is 4.74 Å². The minimum absolute atomic E-state index is 0.108. The smallest absolute Gasteiger partial charge is 0.127 e. The van der Waals surface area contributed by atoms with Crippen LogP contribution in [0.4, 0.5) is 0 Å². The minimum atomic E-state index is 0.108. The highest BCUT2D eigenvalue weighted by molar-refractivity contribution is 5.29. The van der Waals surface area contributed by atoms with Crippen molar-refractivity contribution in [1.29, 1.82) is 0 Å². The molecule has 1 heterocycles. The fourth-order valence-electron chi connectivity index (χ4n) is 0.802. The molecule has 1 rings (SSSR count). The van der Waals surface area contributed by atoms with Crippen LogP contribution in [0.15, 0.2) is 23.6 Å². The van der Waals surface area contributed by atoms with Crippen molar-refractivity contribution >= 4 is 0 Å². The molecule has 4 nitrogen and oxygen atoms in total. The quantitative estimate of drug-likeness (QED) is 0.614. The monoisotopic (exact) mass is 152 g/mol. The van der Waals surface area contributed by atoms with E-state index in [0.717, 1.165) is 0 Å². The van der Waals surface area contributed by atoms with Crippen molar-refractivity contribution in [3.05, 3.63) is 28.9 Å². The molecule has 1 aromatic rings. The molecule has 0 radical (unpaired) electrons. The second kappa shape index (κ2) is 3.65. The van der Waals surface area contributed by atoms with Gasteiger partial charge in [0.05, 0.1) is 7.11 Å². The average Bonchev–Trinajstić information content (AvgIpc) is 2.06. The molecule has 4 heteroatoms. The van der Waals surface area contributed by atoms with Crippen molar-refractivity contribution in [2.24, 2.45) is 5.18 Å². The first kappa shape index (κ1) is 7.65. The van der Waals surface area contributed by atoms with Crippen LogP contribution in [-0.4, -0.2) is 12.1 Å². The van der Waals surface area contributed by atoms with Gasteiger partial charge in [0, 0.05) is 18.0 Å². The number of ether oxygens (including phenoxy) is 1. The molecule has 0 atom stereocenters. The maximum absolute atomic E-state index is 9.91. The third-order valence-electron chi connectivity index (χ3n) is 1.31. The van der Waals surface area contributed by atoms with Gasteiger partial charge in [-0.1, -0.05) is 5.18 Å². The Labute approximate surface area is 64.2 Å². The first-order valence-corrected chi connectivity index (χ1v) is 3.14. The highest BCUT2D eigenvalue weighted by Gasteiger charge is 2.00. The molecular formula is C7H8N2O2. The standard InChI is InChI=1S/C7H8N2O2/c1-11-7-2-3-8-4-6(7)5-9-10/h2-4H,5H2,1H3. The summed E-state index contributed by atoms with van der Waals surface area (Å²) >= 11 is 0. The van der Waals surface area contributed by atoms with E-state index in [1.807, 2.05) is 0 Å². The van der Waals surface area contributed by atoms with E-state index in [1.54, 1.807) is 25.6 Å². The Morgan fingerprint density at radius 1 is 1.73 bits per heavy atom. The van der Waals surface area contributed by atoms with E-state index in [1.165, 1.54) is 0 Å². The fourth-order valence-corrected chi connectivity index (χ4v) is 0.802. The maximum Gasteiger partial charge on any atom is 0.127 e. The first-order chi connectivity index (χ1) is 5.38. The number of methoxy groups -OCH3 is 1. The Bertz CT molecular complexity index is 250. The molecule has 0 N–H and O–H groups in total. The van der Waals surface area contributed by atoms with Gasteiger partial charge in [-0.2, -0.15) is 4.91 Å². The molecule has 0 unspecified atom stereocenters. The summed E-state index contributed by atoms with van der Waals surface area (Å²) in [6.45, 7) is 0.108. The molecule has 11 heavy (non-hydrogen) atoms. The second-order valence-corrected chi connectivity index (χ2v) is 1.97. The van der Waals surface area contributed by atoms with Crippen LogP contribution >= 0.6 is 0 Å². The Morgan fingerprint density at radius 2 is 2.55 bits per heavy atom. The molecule has 0 aliphatic heterocycles. The molecule has 0 saturated heterocycles. The predicted octanol–water partition coefficient (Wildman–Crippen LogP) is 1.36. The van der Waals surface area contributed by atoms with Crippen molar-refractivity contribution in [2.45, 2.75) is 6.54 Å². The molecule has 0 aliphatic rings. The van der Waals surface area contributed by atoms with Crippen LogP contribution in [0.2, 0.25) is 0 Å². The van der Waals surface area contributed by atoms with Gasteiger partial charge in [0.1, 0.15) is 12.3 Å². The lowest BCUT2D eigenvalue weighted by Gasteiger charge is -2.02. The van der Waals surface area contributed by atoms with Crippen molar-refractivity contribution in [2.75, 3.05) is 7.11 Å². The number of hydrogen-bond acceptors (Lipinski definition) is 4. The summed E-state index contributed by atoms with van der Waals surface area (Å²) in [6, 6.07) is 1.69. The van der Waals surface area contributed by atoms with Gasteiger partial charge in [-0.25, -0.2) is 0 Å². The van der Waals surface area contributed by atoms with E-state index in [0.29, 0.717) is 11.3 Å². The third kappa shape index (κ3) is 1.73. The number of nitroso groups, excluding NO2 is 1. The van der Waals surface area contributed by atoms with Gasteiger partial charge in [0.25, 0.3) is 0 Å². The summed E-state index contributed by atoms with van der Waals surface area (Å²) in [5.74, 6) is 0.652. The van der Waals surface area contributed by atoms with Crippen LogP contribution < -0.4 is 4.74 Å². The van der Waals surface area contributed by atoms with Gasteiger partial charge >= 0.3 is 0 Å². The number of rotatable bonds is 3.